The van der Waals surface area contributed by atoms with Crippen molar-refractivity contribution < 1.29 is 15.0 Å². The molecule has 6 nitrogen and oxygen atoms in total. The molecule has 2 unspecified atom stereocenters. The van der Waals surface area contributed by atoms with Gasteiger partial charge in [-0.05, 0) is 19.1 Å². The summed E-state index contributed by atoms with van der Waals surface area (Å²) >= 11 is 12.0. The van der Waals surface area contributed by atoms with E-state index in [9.17, 15) is 15.0 Å². The van der Waals surface area contributed by atoms with E-state index in [4.69, 9.17) is 23.2 Å². The van der Waals surface area contributed by atoms with Gasteiger partial charge >= 0.3 is 5.97 Å². The molecule has 0 aliphatic carbocycles. The van der Waals surface area contributed by atoms with Crippen molar-refractivity contribution in [2.24, 2.45) is 5.92 Å². The van der Waals surface area contributed by atoms with Gasteiger partial charge in [0, 0.05) is 15.6 Å². The van der Waals surface area contributed by atoms with Crippen molar-refractivity contribution in [2.75, 3.05) is 0 Å². The Balaban J connectivity index is 2.51. The standard InChI is InChI=1S/C13H13Cl2N3O3/c1-8(12(19)20)13(21,5-18-7-16-6-17-18)10-3-2-9(14)4-11(10)15/h2-4,6-8,21H,5H2,1H3,(H,19,20). The van der Waals surface area contributed by atoms with Gasteiger partial charge in [0.05, 0.1) is 12.5 Å². The predicted molar refractivity (Wildman–Crippen MR) is 77.2 cm³/mol. The fraction of sp³-hybridized carbons (Fsp3) is 0.308. The number of halogens is 2. The molecule has 0 spiro atoms. The van der Waals surface area contributed by atoms with Crippen molar-refractivity contribution in [3.8, 4) is 0 Å². The van der Waals surface area contributed by atoms with Crippen molar-refractivity contribution in [2.45, 2.75) is 19.1 Å². The summed E-state index contributed by atoms with van der Waals surface area (Å²) in [6, 6.07) is 4.52. The van der Waals surface area contributed by atoms with Gasteiger partial charge in [-0.2, -0.15) is 5.10 Å². The Hall–Kier alpha value is -1.63. The van der Waals surface area contributed by atoms with Crippen molar-refractivity contribution >= 4 is 29.2 Å². The molecule has 2 atom stereocenters. The molecule has 1 heterocycles. The molecule has 2 aromatic rings. The largest absolute Gasteiger partial charge is 0.481 e. The third kappa shape index (κ3) is 3.18. The molecule has 0 radical (unpaired) electrons. The molecule has 0 saturated heterocycles. The van der Waals surface area contributed by atoms with Crippen LogP contribution in [0.15, 0.2) is 30.9 Å². The molecule has 0 bridgehead atoms. The van der Waals surface area contributed by atoms with Gasteiger partial charge in [0.15, 0.2) is 0 Å². The van der Waals surface area contributed by atoms with Gasteiger partial charge in [0.2, 0.25) is 0 Å². The van der Waals surface area contributed by atoms with E-state index in [-0.39, 0.29) is 17.1 Å². The van der Waals surface area contributed by atoms with Crippen LogP contribution in [0.4, 0.5) is 0 Å². The highest BCUT2D eigenvalue weighted by atomic mass is 35.5. The summed E-state index contributed by atoms with van der Waals surface area (Å²) in [5.41, 5.74) is -1.47. The number of rotatable bonds is 5. The number of aromatic nitrogens is 3. The van der Waals surface area contributed by atoms with E-state index in [1.54, 1.807) is 6.07 Å². The fourth-order valence-electron chi connectivity index (χ4n) is 2.06. The van der Waals surface area contributed by atoms with E-state index in [1.807, 2.05) is 0 Å². The zero-order valence-corrected chi connectivity index (χ0v) is 12.6. The lowest BCUT2D eigenvalue weighted by atomic mass is 9.82. The molecule has 0 saturated carbocycles. The number of carboxylic acids is 1. The maximum absolute atomic E-state index is 11.4. The topological polar surface area (TPSA) is 88.2 Å². The van der Waals surface area contributed by atoms with E-state index in [0.29, 0.717) is 5.02 Å². The molecule has 1 aromatic carbocycles. The molecule has 2 N–H and O–H groups in total. The smallest absolute Gasteiger partial charge is 0.309 e. The molecule has 0 aliphatic heterocycles. The second kappa shape index (κ2) is 6.01. The second-order valence-electron chi connectivity index (χ2n) is 4.70. The summed E-state index contributed by atoms with van der Waals surface area (Å²) < 4.78 is 1.35. The normalized spacial score (nSPS) is 15.4. The molecule has 21 heavy (non-hydrogen) atoms. The number of hydrogen-bond acceptors (Lipinski definition) is 4. The third-order valence-corrected chi connectivity index (χ3v) is 3.90. The molecule has 0 aliphatic rings. The number of benzene rings is 1. The van der Waals surface area contributed by atoms with Crippen molar-refractivity contribution in [1.82, 2.24) is 14.8 Å². The average Bonchev–Trinajstić information content (AvgIpc) is 2.89. The molecule has 8 heteroatoms. The Bertz CT molecular complexity index is 648. The molecule has 112 valence electrons. The lowest BCUT2D eigenvalue weighted by Gasteiger charge is -2.32. The van der Waals surface area contributed by atoms with E-state index >= 15 is 0 Å². The summed E-state index contributed by atoms with van der Waals surface area (Å²) in [5.74, 6) is -2.26. The van der Waals surface area contributed by atoms with E-state index < -0.39 is 17.5 Å². The van der Waals surface area contributed by atoms with Crippen LogP contribution in [0.2, 0.25) is 10.0 Å². The Morgan fingerprint density at radius 3 is 2.71 bits per heavy atom. The van der Waals surface area contributed by atoms with E-state index in [1.165, 1.54) is 36.4 Å². The van der Waals surface area contributed by atoms with Gasteiger partial charge in [-0.3, -0.25) is 4.79 Å². The van der Waals surface area contributed by atoms with Gasteiger partial charge in [-0.1, -0.05) is 29.3 Å². The van der Waals surface area contributed by atoms with E-state index in [0.717, 1.165) is 0 Å². The lowest BCUT2D eigenvalue weighted by molar-refractivity contribution is -0.153. The number of aliphatic carboxylic acids is 1. The maximum atomic E-state index is 11.4. The van der Waals surface area contributed by atoms with Crippen LogP contribution in [0, 0.1) is 5.92 Å². The van der Waals surface area contributed by atoms with Crippen LogP contribution in [0.5, 0.6) is 0 Å². The van der Waals surface area contributed by atoms with Crippen molar-refractivity contribution in [3.63, 3.8) is 0 Å². The first-order valence-electron chi connectivity index (χ1n) is 6.07. The molecule has 1 aromatic heterocycles. The summed E-state index contributed by atoms with van der Waals surface area (Å²) in [6.07, 6.45) is 2.69. The van der Waals surface area contributed by atoms with Crippen LogP contribution in [0.25, 0.3) is 0 Å². The Kier molecular flexibility index (Phi) is 4.51. The van der Waals surface area contributed by atoms with Crippen molar-refractivity contribution in [3.05, 3.63) is 46.5 Å². The minimum Gasteiger partial charge on any atom is -0.481 e. The first kappa shape index (κ1) is 15.8. The Morgan fingerprint density at radius 1 is 1.48 bits per heavy atom. The zero-order valence-electron chi connectivity index (χ0n) is 11.1. The minimum absolute atomic E-state index is 0.0954. The summed E-state index contributed by atoms with van der Waals surface area (Å²) in [4.78, 5) is 15.1. The van der Waals surface area contributed by atoms with Gasteiger partial charge in [0.1, 0.15) is 18.3 Å². The Morgan fingerprint density at radius 2 is 2.19 bits per heavy atom. The quantitative estimate of drug-likeness (QED) is 0.877. The van der Waals surface area contributed by atoms with Crippen LogP contribution in [-0.4, -0.2) is 30.9 Å². The number of nitrogens with zero attached hydrogens (tertiary/aromatic N) is 3. The van der Waals surface area contributed by atoms with Crippen LogP contribution in [-0.2, 0) is 16.9 Å². The van der Waals surface area contributed by atoms with Gasteiger partial charge in [-0.25, -0.2) is 9.67 Å². The van der Waals surface area contributed by atoms with Crippen molar-refractivity contribution in [1.29, 1.82) is 0 Å². The number of hydrogen-bond donors (Lipinski definition) is 2. The molecule has 0 amide bonds. The summed E-state index contributed by atoms with van der Waals surface area (Å²) in [6.45, 7) is 1.31. The van der Waals surface area contributed by atoms with Crippen LogP contribution >= 0.6 is 23.2 Å². The zero-order chi connectivity index (χ0) is 15.6. The number of aliphatic hydroxyl groups is 1. The highest BCUT2D eigenvalue weighted by Gasteiger charge is 2.42. The predicted octanol–water partition coefficient (Wildman–Crippen LogP) is 2.19. The lowest BCUT2D eigenvalue weighted by Crippen LogP contribution is -2.42. The van der Waals surface area contributed by atoms with Crippen LogP contribution in [0.1, 0.15) is 12.5 Å². The first-order chi connectivity index (χ1) is 9.84. The Labute approximate surface area is 130 Å². The van der Waals surface area contributed by atoms with Gasteiger partial charge in [-0.15, -0.1) is 0 Å². The summed E-state index contributed by atoms with van der Waals surface area (Å²) in [5, 5.41) is 24.7. The SMILES string of the molecule is CC(C(=O)O)C(O)(Cn1cncn1)c1ccc(Cl)cc1Cl. The molecule has 2 rings (SSSR count). The van der Waals surface area contributed by atoms with E-state index in [2.05, 4.69) is 10.1 Å². The number of carbonyl (C=O) groups is 1. The first-order valence-corrected chi connectivity index (χ1v) is 6.83. The van der Waals surface area contributed by atoms with Gasteiger partial charge in [0.25, 0.3) is 0 Å². The van der Waals surface area contributed by atoms with Crippen LogP contribution < -0.4 is 0 Å². The molecular weight excluding hydrogens is 317 g/mol. The fourth-order valence-corrected chi connectivity index (χ4v) is 2.63. The highest BCUT2D eigenvalue weighted by molar-refractivity contribution is 6.35. The monoisotopic (exact) mass is 329 g/mol. The number of carboxylic acid groups (broad SMARTS) is 1. The van der Waals surface area contributed by atoms with Crippen LogP contribution in [0.3, 0.4) is 0 Å². The molecule has 0 fully saturated rings. The molecular formula is C13H13Cl2N3O3. The minimum atomic E-state index is -1.75. The summed E-state index contributed by atoms with van der Waals surface area (Å²) in [7, 11) is 0. The van der Waals surface area contributed by atoms with Gasteiger partial charge < -0.3 is 10.2 Å². The third-order valence-electron chi connectivity index (χ3n) is 3.35. The maximum Gasteiger partial charge on any atom is 0.309 e. The average molecular weight is 330 g/mol. The second-order valence-corrected chi connectivity index (χ2v) is 5.55. The highest BCUT2D eigenvalue weighted by Crippen LogP contribution is 2.37.